The van der Waals surface area contributed by atoms with Crippen LogP contribution in [0.2, 0.25) is 0 Å². The molecule has 122 valence electrons. The van der Waals surface area contributed by atoms with Crippen molar-refractivity contribution in [3.63, 3.8) is 0 Å². The Balaban J connectivity index is 1.71. The number of hydrogen-bond acceptors (Lipinski definition) is 4. The second kappa shape index (κ2) is 6.01. The fraction of sp³-hybridized carbons (Fsp3) is 0.750. The van der Waals surface area contributed by atoms with Crippen LogP contribution in [0.4, 0.5) is 0 Å². The third-order valence-corrected chi connectivity index (χ3v) is 5.44. The molecule has 0 radical (unpaired) electrons. The smallest absolute Gasteiger partial charge is 0.228 e. The van der Waals surface area contributed by atoms with E-state index in [0.717, 1.165) is 31.4 Å². The van der Waals surface area contributed by atoms with Gasteiger partial charge in [0.2, 0.25) is 5.91 Å². The third-order valence-electron chi connectivity index (χ3n) is 5.44. The molecule has 1 aliphatic carbocycles. The highest BCUT2D eigenvalue weighted by atomic mass is 16.5. The highest BCUT2D eigenvalue weighted by Crippen LogP contribution is 2.46. The quantitative estimate of drug-likeness (QED) is 0.876. The number of rotatable bonds is 5. The van der Waals surface area contributed by atoms with E-state index in [1.807, 2.05) is 22.7 Å². The van der Waals surface area contributed by atoms with Crippen LogP contribution in [0.25, 0.3) is 0 Å². The monoisotopic (exact) mass is 306 g/mol. The number of carbonyl (C=O) groups excluding carboxylic acids is 1. The van der Waals surface area contributed by atoms with Gasteiger partial charge in [-0.15, -0.1) is 0 Å². The molecule has 1 aromatic heterocycles. The molecule has 1 amide bonds. The van der Waals surface area contributed by atoms with Crippen LogP contribution < -0.4 is 5.73 Å². The molecule has 6 nitrogen and oxygen atoms in total. The maximum Gasteiger partial charge on any atom is 0.228 e. The standard InChI is InChI=1S/C16H26N4O2/c1-19-11-18-8-14(19)12-9-20(10-13(12)17)15(21)16(4-3-5-16)6-7-22-2/h8,11-13H,3-7,9-10,17H2,1-2H3/t12-,13-/m1/s1. The summed E-state index contributed by atoms with van der Waals surface area (Å²) in [6, 6.07) is -0.0149. The zero-order valence-electron chi connectivity index (χ0n) is 13.5. The molecule has 2 atom stereocenters. The average Bonchev–Trinajstić information content (AvgIpc) is 3.03. The Labute approximate surface area is 131 Å². The second-order valence-corrected chi connectivity index (χ2v) is 6.79. The lowest BCUT2D eigenvalue weighted by Crippen LogP contribution is -2.48. The first kappa shape index (κ1) is 15.5. The summed E-state index contributed by atoms with van der Waals surface area (Å²) < 4.78 is 7.20. The average molecular weight is 306 g/mol. The number of methoxy groups -OCH3 is 1. The van der Waals surface area contributed by atoms with Crippen LogP contribution in [0.1, 0.15) is 37.3 Å². The molecule has 2 heterocycles. The van der Waals surface area contributed by atoms with Gasteiger partial charge in [-0.1, -0.05) is 6.42 Å². The van der Waals surface area contributed by atoms with E-state index in [0.29, 0.717) is 19.7 Å². The minimum Gasteiger partial charge on any atom is -0.385 e. The summed E-state index contributed by atoms with van der Waals surface area (Å²) in [6.07, 6.45) is 7.58. The summed E-state index contributed by atoms with van der Waals surface area (Å²) in [4.78, 5) is 19.1. The lowest BCUT2D eigenvalue weighted by atomic mass is 9.66. The fourth-order valence-corrected chi connectivity index (χ4v) is 3.84. The summed E-state index contributed by atoms with van der Waals surface area (Å²) >= 11 is 0. The Morgan fingerprint density at radius 1 is 1.50 bits per heavy atom. The zero-order valence-corrected chi connectivity index (χ0v) is 13.5. The van der Waals surface area contributed by atoms with Gasteiger partial charge < -0.3 is 19.9 Å². The number of amides is 1. The van der Waals surface area contributed by atoms with E-state index in [2.05, 4.69) is 4.98 Å². The number of imidazole rings is 1. The summed E-state index contributed by atoms with van der Waals surface area (Å²) in [7, 11) is 3.67. The van der Waals surface area contributed by atoms with Crippen molar-refractivity contribution in [2.75, 3.05) is 26.8 Å². The van der Waals surface area contributed by atoms with Crippen molar-refractivity contribution in [3.8, 4) is 0 Å². The van der Waals surface area contributed by atoms with E-state index < -0.39 is 0 Å². The van der Waals surface area contributed by atoms with Crippen LogP contribution in [0.3, 0.4) is 0 Å². The summed E-state index contributed by atoms with van der Waals surface area (Å²) in [5.74, 6) is 0.451. The Morgan fingerprint density at radius 3 is 2.82 bits per heavy atom. The van der Waals surface area contributed by atoms with Crippen molar-refractivity contribution in [1.29, 1.82) is 0 Å². The van der Waals surface area contributed by atoms with E-state index in [9.17, 15) is 4.79 Å². The van der Waals surface area contributed by atoms with Crippen molar-refractivity contribution in [3.05, 3.63) is 18.2 Å². The Bertz CT molecular complexity index is 538. The second-order valence-electron chi connectivity index (χ2n) is 6.79. The molecule has 1 saturated carbocycles. The summed E-state index contributed by atoms with van der Waals surface area (Å²) in [5.41, 5.74) is 7.23. The molecule has 2 N–H and O–H groups in total. The van der Waals surface area contributed by atoms with Crippen LogP contribution in [0, 0.1) is 5.41 Å². The zero-order chi connectivity index (χ0) is 15.7. The van der Waals surface area contributed by atoms with Gasteiger partial charge in [0.1, 0.15) is 0 Å². The van der Waals surface area contributed by atoms with E-state index in [1.165, 1.54) is 0 Å². The molecule has 0 unspecified atom stereocenters. The topological polar surface area (TPSA) is 73.4 Å². The summed E-state index contributed by atoms with van der Waals surface area (Å²) in [6.45, 7) is 1.99. The SMILES string of the molecule is COCCC1(C(=O)N2C[C@@H](N)[C@H](c3cncn3C)C2)CCC1. The van der Waals surface area contributed by atoms with Crippen molar-refractivity contribution in [2.45, 2.75) is 37.6 Å². The number of ether oxygens (including phenoxy) is 1. The Kier molecular flexibility index (Phi) is 4.23. The lowest BCUT2D eigenvalue weighted by Gasteiger charge is -2.42. The number of nitrogens with zero attached hydrogens (tertiary/aromatic N) is 3. The summed E-state index contributed by atoms with van der Waals surface area (Å²) in [5, 5.41) is 0. The number of likely N-dealkylation sites (tertiary alicyclic amines) is 1. The fourth-order valence-electron chi connectivity index (χ4n) is 3.84. The predicted molar refractivity (Wildman–Crippen MR) is 83.3 cm³/mol. The molecule has 3 rings (SSSR count). The molecule has 2 fully saturated rings. The highest BCUT2D eigenvalue weighted by molar-refractivity contribution is 5.84. The number of hydrogen-bond donors (Lipinski definition) is 1. The molecule has 0 aromatic carbocycles. The first-order valence-corrected chi connectivity index (χ1v) is 8.07. The maximum absolute atomic E-state index is 13.0. The van der Waals surface area contributed by atoms with E-state index in [4.69, 9.17) is 10.5 Å². The van der Waals surface area contributed by atoms with E-state index in [-0.39, 0.29) is 23.3 Å². The predicted octanol–water partition coefficient (Wildman–Crippen LogP) is 0.880. The first-order valence-electron chi connectivity index (χ1n) is 8.07. The molecule has 6 heteroatoms. The highest BCUT2D eigenvalue weighted by Gasteiger charge is 2.48. The van der Waals surface area contributed by atoms with Crippen molar-refractivity contribution < 1.29 is 9.53 Å². The van der Waals surface area contributed by atoms with Crippen LogP contribution in [0.5, 0.6) is 0 Å². The van der Waals surface area contributed by atoms with Gasteiger partial charge in [0, 0.05) is 57.7 Å². The van der Waals surface area contributed by atoms with Crippen molar-refractivity contribution >= 4 is 5.91 Å². The first-order chi connectivity index (χ1) is 10.6. The van der Waals surface area contributed by atoms with Crippen molar-refractivity contribution in [2.24, 2.45) is 18.2 Å². The maximum atomic E-state index is 13.0. The molecule has 1 saturated heterocycles. The van der Waals surface area contributed by atoms with Gasteiger partial charge >= 0.3 is 0 Å². The molecule has 1 aromatic rings. The number of nitrogens with two attached hydrogens (primary N) is 1. The molecule has 0 spiro atoms. The van der Waals surface area contributed by atoms with E-state index >= 15 is 0 Å². The van der Waals surface area contributed by atoms with Crippen LogP contribution in [-0.4, -0.2) is 53.2 Å². The van der Waals surface area contributed by atoms with Gasteiger partial charge in [-0.05, 0) is 19.3 Å². The Morgan fingerprint density at radius 2 is 2.27 bits per heavy atom. The van der Waals surface area contributed by atoms with Gasteiger partial charge in [-0.25, -0.2) is 4.98 Å². The molecular formula is C16H26N4O2. The molecular weight excluding hydrogens is 280 g/mol. The van der Waals surface area contributed by atoms with Crippen molar-refractivity contribution in [1.82, 2.24) is 14.5 Å². The van der Waals surface area contributed by atoms with Gasteiger partial charge in [0.25, 0.3) is 0 Å². The molecule has 22 heavy (non-hydrogen) atoms. The molecule has 2 aliphatic rings. The van der Waals surface area contributed by atoms with Gasteiger partial charge in [-0.2, -0.15) is 0 Å². The largest absolute Gasteiger partial charge is 0.385 e. The minimum atomic E-state index is -0.197. The van der Waals surface area contributed by atoms with Crippen LogP contribution in [-0.2, 0) is 16.6 Å². The number of aromatic nitrogens is 2. The lowest BCUT2D eigenvalue weighted by molar-refractivity contribution is -0.148. The van der Waals surface area contributed by atoms with Gasteiger partial charge in [0.05, 0.1) is 11.7 Å². The van der Waals surface area contributed by atoms with Crippen LogP contribution >= 0.6 is 0 Å². The normalized spacial score (nSPS) is 27.0. The van der Waals surface area contributed by atoms with E-state index in [1.54, 1.807) is 13.4 Å². The number of carbonyl (C=O) groups is 1. The van der Waals surface area contributed by atoms with Gasteiger partial charge in [-0.3, -0.25) is 4.79 Å². The number of aryl methyl sites for hydroxylation is 1. The molecule has 1 aliphatic heterocycles. The van der Waals surface area contributed by atoms with Crippen LogP contribution in [0.15, 0.2) is 12.5 Å². The van der Waals surface area contributed by atoms with Gasteiger partial charge in [0.15, 0.2) is 0 Å². The molecule has 0 bridgehead atoms. The minimum absolute atomic E-state index is 0.0149. The third kappa shape index (κ3) is 2.54. The Hall–Kier alpha value is -1.40.